The maximum Gasteiger partial charge on any atom is 0.262 e. The maximum absolute atomic E-state index is 13.2. The van der Waals surface area contributed by atoms with Crippen LogP contribution in [0.5, 0.6) is 0 Å². The topological polar surface area (TPSA) is 65.1 Å². The Balaban J connectivity index is 2.10. The summed E-state index contributed by atoms with van der Waals surface area (Å²) in [7, 11) is 0. The van der Waals surface area contributed by atoms with Gasteiger partial charge in [-0.3, -0.25) is 14.2 Å². The van der Waals surface area contributed by atoms with Crippen LogP contribution in [-0.4, -0.2) is 22.8 Å². The average molecular weight is 383 g/mol. The van der Waals surface area contributed by atoms with Crippen molar-refractivity contribution >= 4 is 34.2 Å². The third-order valence-corrected chi connectivity index (χ3v) is 5.07. The molecule has 0 unspecified atom stereocenters. The van der Waals surface area contributed by atoms with Gasteiger partial charge in [0, 0.05) is 34.5 Å². The molecular formula is C22H23ClN2O2. The number of aryl methyl sites for hydroxylation is 1. The van der Waals surface area contributed by atoms with Crippen LogP contribution in [0.1, 0.15) is 40.0 Å². The molecule has 2 aromatic carbocycles. The van der Waals surface area contributed by atoms with Crippen molar-refractivity contribution in [2.75, 3.05) is 6.54 Å². The predicted octanol–water partition coefficient (Wildman–Crippen LogP) is 4.45. The van der Waals surface area contributed by atoms with Gasteiger partial charge in [0.2, 0.25) is 0 Å². The lowest BCUT2D eigenvalue weighted by Crippen LogP contribution is -2.14. The number of benzene rings is 2. The fourth-order valence-electron chi connectivity index (χ4n) is 3.39. The molecule has 0 aliphatic carbocycles. The summed E-state index contributed by atoms with van der Waals surface area (Å²) in [6.07, 6.45) is 1.45. The molecule has 0 aliphatic heterocycles. The number of hydrogen-bond acceptors (Lipinski definition) is 3. The largest absolute Gasteiger partial charge is 0.330 e. The predicted molar refractivity (Wildman–Crippen MR) is 110 cm³/mol. The second kappa shape index (κ2) is 8.07. The Morgan fingerprint density at radius 1 is 1.07 bits per heavy atom. The van der Waals surface area contributed by atoms with Crippen molar-refractivity contribution in [1.82, 2.24) is 4.57 Å². The fourth-order valence-corrected chi connectivity index (χ4v) is 3.51. The zero-order valence-electron chi connectivity index (χ0n) is 15.6. The number of halogens is 1. The van der Waals surface area contributed by atoms with Gasteiger partial charge in [-0.2, -0.15) is 0 Å². The van der Waals surface area contributed by atoms with Gasteiger partial charge < -0.3 is 5.73 Å². The minimum atomic E-state index is -0.126. The fraction of sp³-hybridized carbons (Fsp3) is 0.273. The van der Waals surface area contributed by atoms with Gasteiger partial charge in [0.05, 0.1) is 5.52 Å². The number of fused-ring (bicyclic) bond motifs is 1. The molecule has 1 heterocycles. The van der Waals surface area contributed by atoms with Crippen LogP contribution in [0.25, 0.3) is 10.9 Å². The molecule has 0 fully saturated rings. The van der Waals surface area contributed by atoms with Crippen LogP contribution in [0.3, 0.4) is 0 Å². The van der Waals surface area contributed by atoms with Gasteiger partial charge in [-0.15, -0.1) is 0 Å². The highest BCUT2D eigenvalue weighted by Gasteiger charge is 2.21. The van der Waals surface area contributed by atoms with Crippen LogP contribution >= 0.6 is 11.6 Å². The van der Waals surface area contributed by atoms with Crippen LogP contribution in [0, 0.1) is 13.8 Å². The first kappa shape index (κ1) is 19.3. The Bertz CT molecular complexity index is 1000. The number of nitrogens with two attached hydrogens (primary N) is 1. The van der Waals surface area contributed by atoms with E-state index in [-0.39, 0.29) is 11.7 Å². The second-order valence-corrected chi connectivity index (χ2v) is 7.28. The van der Waals surface area contributed by atoms with Crippen LogP contribution in [0.4, 0.5) is 0 Å². The van der Waals surface area contributed by atoms with Crippen LogP contribution in [0.15, 0.2) is 42.5 Å². The lowest BCUT2D eigenvalue weighted by atomic mass is 10.0. The van der Waals surface area contributed by atoms with Crippen molar-refractivity contribution in [3.05, 3.63) is 69.9 Å². The van der Waals surface area contributed by atoms with Crippen molar-refractivity contribution < 1.29 is 9.59 Å². The summed E-state index contributed by atoms with van der Waals surface area (Å²) in [6.45, 7) is 4.41. The third-order valence-electron chi connectivity index (χ3n) is 4.82. The summed E-state index contributed by atoms with van der Waals surface area (Å²) in [6, 6.07) is 12.8. The summed E-state index contributed by atoms with van der Waals surface area (Å²) in [5, 5.41) is 1.54. The summed E-state index contributed by atoms with van der Waals surface area (Å²) in [5.74, 6) is 0.0155. The molecule has 0 saturated heterocycles. The van der Waals surface area contributed by atoms with Crippen molar-refractivity contribution in [2.45, 2.75) is 33.1 Å². The Kier molecular flexibility index (Phi) is 5.78. The van der Waals surface area contributed by atoms with Crippen LogP contribution in [0.2, 0.25) is 5.02 Å². The van der Waals surface area contributed by atoms with Crippen molar-refractivity contribution in [3.63, 3.8) is 0 Å². The van der Waals surface area contributed by atoms with Gasteiger partial charge in [0.25, 0.3) is 5.91 Å². The molecule has 0 saturated carbocycles. The first-order chi connectivity index (χ1) is 12.9. The smallest absolute Gasteiger partial charge is 0.262 e. The zero-order valence-corrected chi connectivity index (χ0v) is 16.3. The Labute approximate surface area is 163 Å². The lowest BCUT2D eigenvalue weighted by Gasteiger charge is -2.08. The van der Waals surface area contributed by atoms with E-state index in [2.05, 4.69) is 0 Å². The van der Waals surface area contributed by atoms with E-state index in [1.54, 1.807) is 28.8 Å². The molecule has 2 N–H and O–H groups in total. The SMILES string of the molecule is Cc1ccc2c(c1)c(CC(=O)CCCN)c(C)n2C(=O)c1ccc(Cl)cc1. The maximum atomic E-state index is 13.2. The van der Waals surface area contributed by atoms with Gasteiger partial charge in [-0.1, -0.05) is 23.2 Å². The number of hydrogen-bond donors (Lipinski definition) is 1. The quantitative estimate of drug-likeness (QED) is 0.684. The van der Waals surface area contributed by atoms with Crippen molar-refractivity contribution in [1.29, 1.82) is 0 Å². The number of aromatic nitrogens is 1. The molecule has 0 atom stereocenters. The second-order valence-electron chi connectivity index (χ2n) is 6.84. The van der Waals surface area contributed by atoms with Gasteiger partial charge >= 0.3 is 0 Å². The van der Waals surface area contributed by atoms with Gasteiger partial charge in [0.15, 0.2) is 0 Å². The molecule has 3 aromatic rings. The summed E-state index contributed by atoms with van der Waals surface area (Å²) < 4.78 is 1.70. The molecule has 4 nitrogen and oxygen atoms in total. The minimum Gasteiger partial charge on any atom is -0.330 e. The van der Waals surface area contributed by atoms with E-state index in [0.29, 0.717) is 36.4 Å². The van der Waals surface area contributed by atoms with E-state index >= 15 is 0 Å². The first-order valence-electron chi connectivity index (χ1n) is 9.05. The number of Topliss-reactive ketones (excluding diaryl/α,β-unsaturated/α-hetero) is 1. The lowest BCUT2D eigenvalue weighted by molar-refractivity contribution is -0.118. The average Bonchev–Trinajstić information content (AvgIpc) is 2.91. The van der Waals surface area contributed by atoms with Crippen LogP contribution < -0.4 is 5.73 Å². The third kappa shape index (κ3) is 3.97. The Morgan fingerprint density at radius 2 is 1.78 bits per heavy atom. The molecule has 0 spiro atoms. The van der Waals surface area contributed by atoms with E-state index in [4.69, 9.17) is 17.3 Å². The van der Waals surface area contributed by atoms with Gasteiger partial charge in [-0.25, -0.2) is 0 Å². The molecule has 0 amide bonds. The van der Waals surface area contributed by atoms with Gasteiger partial charge in [-0.05, 0) is 68.8 Å². The monoisotopic (exact) mass is 382 g/mol. The number of rotatable bonds is 6. The highest BCUT2D eigenvalue weighted by atomic mass is 35.5. The first-order valence-corrected chi connectivity index (χ1v) is 9.42. The Morgan fingerprint density at radius 3 is 2.44 bits per heavy atom. The van der Waals surface area contributed by atoms with Crippen LogP contribution in [-0.2, 0) is 11.2 Å². The number of ketones is 1. The number of carbonyl (C=O) groups excluding carboxylic acids is 2. The molecule has 140 valence electrons. The molecule has 3 rings (SSSR count). The summed E-state index contributed by atoms with van der Waals surface area (Å²) in [4.78, 5) is 25.5. The molecule has 1 aromatic heterocycles. The number of carbonyl (C=O) groups is 2. The molecule has 5 heteroatoms. The number of nitrogens with zero attached hydrogens (tertiary/aromatic N) is 1. The minimum absolute atomic E-state index is 0.126. The van der Waals surface area contributed by atoms with Crippen molar-refractivity contribution in [2.24, 2.45) is 5.73 Å². The highest BCUT2D eigenvalue weighted by Crippen LogP contribution is 2.29. The summed E-state index contributed by atoms with van der Waals surface area (Å²) >= 11 is 5.94. The van der Waals surface area contributed by atoms with Gasteiger partial charge in [0.1, 0.15) is 5.78 Å². The van der Waals surface area contributed by atoms with E-state index in [0.717, 1.165) is 27.7 Å². The van der Waals surface area contributed by atoms with E-state index in [9.17, 15) is 9.59 Å². The van der Waals surface area contributed by atoms with E-state index < -0.39 is 0 Å². The van der Waals surface area contributed by atoms with E-state index in [1.165, 1.54) is 0 Å². The van der Waals surface area contributed by atoms with E-state index in [1.807, 2.05) is 32.0 Å². The zero-order chi connectivity index (χ0) is 19.6. The molecule has 0 radical (unpaired) electrons. The van der Waals surface area contributed by atoms with Crippen molar-refractivity contribution in [3.8, 4) is 0 Å². The normalized spacial score (nSPS) is 11.1. The molecule has 27 heavy (non-hydrogen) atoms. The molecule has 0 bridgehead atoms. The standard InChI is InChI=1S/C22H23ClN2O2/c1-14-5-10-21-20(12-14)19(13-18(26)4-3-11-24)15(2)25(21)22(27)16-6-8-17(23)9-7-16/h5-10,12H,3-4,11,13,24H2,1-2H3. The molecule has 0 aliphatic rings. The Hall–Kier alpha value is -2.43. The summed E-state index contributed by atoms with van der Waals surface area (Å²) in [5.41, 5.74) is 9.70. The highest BCUT2D eigenvalue weighted by molar-refractivity contribution is 6.30. The molecular weight excluding hydrogens is 360 g/mol.